The molecule has 1 N–H and O–H groups in total. The van der Waals surface area contributed by atoms with Crippen LogP contribution >= 0.6 is 0 Å². The van der Waals surface area contributed by atoms with Crippen LogP contribution in [0.4, 0.5) is 0 Å². The number of ether oxygens (including phenoxy) is 2. The Morgan fingerprint density at radius 2 is 2.05 bits per heavy atom. The predicted octanol–water partition coefficient (Wildman–Crippen LogP) is 3.38. The molecule has 3 nitrogen and oxygen atoms in total. The SMILES string of the molecule is CCCNC(COCC)C1(OCC)CCCC(C)C1. The Morgan fingerprint density at radius 1 is 1.26 bits per heavy atom. The Kier molecular flexibility index (Phi) is 7.96. The highest BCUT2D eigenvalue weighted by Gasteiger charge is 2.42. The van der Waals surface area contributed by atoms with E-state index in [-0.39, 0.29) is 5.60 Å². The molecule has 1 aliphatic carbocycles. The van der Waals surface area contributed by atoms with Gasteiger partial charge in [-0.15, -0.1) is 0 Å². The fraction of sp³-hybridized carbons (Fsp3) is 1.00. The predicted molar refractivity (Wildman–Crippen MR) is 80.6 cm³/mol. The molecule has 1 aliphatic rings. The van der Waals surface area contributed by atoms with Crippen molar-refractivity contribution < 1.29 is 9.47 Å². The summed E-state index contributed by atoms with van der Waals surface area (Å²) in [4.78, 5) is 0. The third-order valence-corrected chi connectivity index (χ3v) is 4.19. The van der Waals surface area contributed by atoms with Gasteiger partial charge in [0.15, 0.2) is 0 Å². The first-order chi connectivity index (χ1) is 9.18. The summed E-state index contributed by atoms with van der Waals surface area (Å²) in [7, 11) is 0. The van der Waals surface area contributed by atoms with Crippen LogP contribution in [0.25, 0.3) is 0 Å². The second kappa shape index (κ2) is 8.93. The van der Waals surface area contributed by atoms with Crippen molar-refractivity contribution in [3.05, 3.63) is 0 Å². The van der Waals surface area contributed by atoms with Gasteiger partial charge in [0.05, 0.1) is 18.2 Å². The van der Waals surface area contributed by atoms with E-state index < -0.39 is 0 Å². The third-order valence-electron chi connectivity index (χ3n) is 4.19. The fourth-order valence-electron chi connectivity index (χ4n) is 3.33. The van der Waals surface area contributed by atoms with Crippen molar-refractivity contribution in [1.82, 2.24) is 5.32 Å². The van der Waals surface area contributed by atoms with E-state index in [0.717, 1.165) is 45.1 Å². The summed E-state index contributed by atoms with van der Waals surface area (Å²) in [5.74, 6) is 0.757. The molecule has 3 heteroatoms. The van der Waals surface area contributed by atoms with Crippen molar-refractivity contribution in [2.75, 3.05) is 26.4 Å². The molecular formula is C16H33NO2. The van der Waals surface area contributed by atoms with Gasteiger partial charge in [0, 0.05) is 13.2 Å². The maximum Gasteiger partial charge on any atom is 0.0859 e. The lowest BCUT2D eigenvalue weighted by molar-refractivity contribution is -0.114. The van der Waals surface area contributed by atoms with Crippen molar-refractivity contribution in [2.24, 2.45) is 5.92 Å². The van der Waals surface area contributed by atoms with Gasteiger partial charge in [0.2, 0.25) is 0 Å². The summed E-state index contributed by atoms with van der Waals surface area (Å²) in [6, 6.07) is 0.329. The van der Waals surface area contributed by atoms with E-state index in [0.29, 0.717) is 6.04 Å². The third kappa shape index (κ3) is 5.05. The molecule has 0 amide bonds. The Bertz CT molecular complexity index is 223. The van der Waals surface area contributed by atoms with E-state index in [9.17, 15) is 0 Å². The normalized spacial score (nSPS) is 29.4. The zero-order valence-corrected chi connectivity index (χ0v) is 13.3. The highest BCUT2D eigenvalue weighted by atomic mass is 16.5. The lowest BCUT2D eigenvalue weighted by atomic mass is 9.74. The topological polar surface area (TPSA) is 30.5 Å². The Balaban J connectivity index is 2.75. The van der Waals surface area contributed by atoms with Crippen LogP contribution in [0.1, 0.15) is 59.8 Å². The number of rotatable bonds is 9. The molecule has 0 aliphatic heterocycles. The van der Waals surface area contributed by atoms with Crippen molar-refractivity contribution in [1.29, 1.82) is 0 Å². The lowest BCUT2D eigenvalue weighted by Gasteiger charge is -2.45. The quantitative estimate of drug-likeness (QED) is 0.697. The molecule has 1 rings (SSSR count). The number of hydrogen-bond acceptors (Lipinski definition) is 3. The molecular weight excluding hydrogens is 238 g/mol. The lowest BCUT2D eigenvalue weighted by Crippen LogP contribution is -2.57. The smallest absolute Gasteiger partial charge is 0.0859 e. The highest BCUT2D eigenvalue weighted by molar-refractivity contribution is 4.97. The van der Waals surface area contributed by atoms with E-state index in [2.05, 4.69) is 33.0 Å². The second-order valence-electron chi connectivity index (χ2n) is 5.87. The van der Waals surface area contributed by atoms with E-state index in [1.807, 2.05) is 0 Å². The van der Waals surface area contributed by atoms with E-state index >= 15 is 0 Å². The molecule has 0 aromatic heterocycles. The van der Waals surface area contributed by atoms with Crippen LogP contribution in [0.15, 0.2) is 0 Å². The van der Waals surface area contributed by atoms with Crippen LogP contribution < -0.4 is 5.32 Å². The maximum atomic E-state index is 6.25. The van der Waals surface area contributed by atoms with Gasteiger partial charge in [-0.3, -0.25) is 0 Å². The minimum atomic E-state index is -0.0171. The van der Waals surface area contributed by atoms with Gasteiger partial charge >= 0.3 is 0 Å². The summed E-state index contributed by atoms with van der Waals surface area (Å²) in [5.41, 5.74) is -0.0171. The number of hydrogen-bond donors (Lipinski definition) is 1. The zero-order chi connectivity index (χ0) is 14.1. The van der Waals surface area contributed by atoms with Crippen LogP contribution in [0, 0.1) is 5.92 Å². The van der Waals surface area contributed by atoms with Crippen LogP contribution in [0.3, 0.4) is 0 Å². The van der Waals surface area contributed by atoms with E-state index in [1.165, 1.54) is 19.3 Å². The van der Waals surface area contributed by atoms with Crippen molar-refractivity contribution in [2.45, 2.75) is 71.4 Å². The van der Waals surface area contributed by atoms with E-state index in [1.54, 1.807) is 0 Å². The second-order valence-corrected chi connectivity index (χ2v) is 5.87. The van der Waals surface area contributed by atoms with Crippen LogP contribution in [0.2, 0.25) is 0 Å². The monoisotopic (exact) mass is 271 g/mol. The zero-order valence-electron chi connectivity index (χ0n) is 13.3. The molecule has 0 spiro atoms. The molecule has 0 heterocycles. The molecule has 114 valence electrons. The summed E-state index contributed by atoms with van der Waals surface area (Å²) in [6.07, 6.45) is 6.09. The highest BCUT2D eigenvalue weighted by Crippen LogP contribution is 2.38. The van der Waals surface area contributed by atoms with Gasteiger partial charge in [0.25, 0.3) is 0 Å². The Hall–Kier alpha value is -0.120. The minimum Gasteiger partial charge on any atom is -0.380 e. The summed E-state index contributed by atoms with van der Waals surface area (Å²) in [6.45, 7) is 12.1. The van der Waals surface area contributed by atoms with Crippen molar-refractivity contribution in [3.8, 4) is 0 Å². The molecule has 1 saturated carbocycles. The van der Waals surface area contributed by atoms with Crippen LogP contribution in [-0.4, -0.2) is 38.0 Å². The van der Waals surface area contributed by atoms with E-state index in [4.69, 9.17) is 9.47 Å². The van der Waals surface area contributed by atoms with Gasteiger partial charge in [-0.1, -0.05) is 26.7 Å². The molecule has 3 atom stereocenters. The molecule has 1 fully saturated rings. The largest absolute Gasteiger partial charge is 0.380 e. The first kappa shape index (κ1) is 16.9. The number of nitrogens with one attached hydrogen (secondary N) is 1. The molecule has 0 aromatic rings. The molecule has 3 unspecified atom stereocenters. The summed E-state index contributed by atoms with van der Waals surface area (Å²) < 4.78 is 12.0. The molecule has 0 bridgehead atoms. The fourth-order valence-corrected chi connectivity index (χ4v) is 3.33. The minimum absolute atomic E-state index is 0.0171. The maximum absolute atomic E-state index is 6.25. The average molecular weight is 271 g/mol. The van der Waals surface area contributed by atoms with Gasteiger partial charge in [-0.05, 0) is 45.6 Å². The Labute approximate surface area is 119 Å². The Morgan fingerprint density at radius 3 is 2.63 bits per heavy atom. The summed E-state index contributed by atoms with van der Waals surface area (Å²) >= 11 is 0. The van der Waals surface area contributed by atoms with Gasteiger partial charge < -0.3 is 14.8 Å². The van der Waals surface area contributed by atoms with Gasteiger partial charge in [0.1, 0.15) is 0 Å². The van der Waals surface area contributed by atoms with Crippen molar-refractivity contribution >= 4 is 0 Å². The van der Waals surface area contributed by atoms with Crippen LogP contribution in [0.5, 0.6) is 0 Å². The van der Waals surface area contributed by atoms with Crippen molar-refractivity contribution in [3.63, 3.8) is 0 Å². The molecule has 0 radical (unpaired) electrons. The standard InChI is InChI=1S/C16H33NO2/c1-5-11-17-15(13-18-6-2)16(19-7-3)10-8-9-14(4)12-16/h14-15,17H,5-13H2,1-4H3. The first-order valence-electron chi connectivity index (χ1n) is 8.13. The van der Waals surface area contributed by atoms with Gasteiger partial charge in [-0.2, -0.15) is 0 Å². The molecule has 19 heavy (non-hydrogen) atoms. The van der Waals surface area contributed by atoms with Gasteiger partial charge in [-0.25, -0.2) is 0 Å². The molecule has 0 aromatic carbocycles. The first-order valence-corrected chi connectivity index (χ1v) is 8.13. The van der Waals surface area contributed by atoms with Crippen LogP contribution in [-0.2, 0) is 9.47 Å². The average Bonchev–Trinajstić information content (AvgIpc) is 2.39. The summed E-state index contributed by atoms with van der Waals surface area (Å²) in [5, 5.41) is 3.67. The molecule has 0 saturated heterocycles.